The summed E-state index contributed by atoms with van der Waals surface area (Å²) in [6.07, 6.45) is 6.09. The third kappa shape index (κ3) is 3.63. The van der Waals surface area contributed by atoms with E-state index in [0.717, 1.165) is 38.8 Å². The molecular weight excluding hydrogens is 350 g/mol. The number of pyridine rings is 1. The first kappa shape index (κ1) is 18.9. The Labute approximate surface area is 167 Å². The number of fused-ring (bicyclic) bond motifs is 1. The molecular formula is C23H29N3O2. The van der Waals surface area contributed by atoms with E-state index >= 15 is 0 Å². The van der Waals surface area contributed by atoms with Crippen LogP contribution in [0.25, 0.3) is 0 Å². The number of ether oxygens (including phenoxy) is 1. The van der Waals surface area contributed by atoms with Gasteiger partial charge in [0.2, 0.25) is 5.88 Å². The zero-order valence-corrected chi connectivity index (χ0v) is 16.8. The second-order valence-corrected chi connectivity index (χ2v) is 7.93. The lowest BCUT2D eigenvalue weighted by molar-refractivity contribution is 0.0346. The van der Waals surface area contributed by atoms with E-state index in [-0.39, 0.29) is 11.9 Å². The predicted octanol–water partition coefficient (Wildman–Crippen LogP) is 3.57. The summed E-state index contributed by atoms with van der Waals surface area (Å²) in [7, 11) is 3.80. The maximum absolute atomic E-state index is 13.5. The van der Waals surface area contributed by atoms with Crippen LogP contribution >= 0.6 is 0 Å². The number of hydrogen-bond donors (Lipinski definition) is 0. The molecule has 1 aromatic carbocycles. The van der Waals surface area contributed by atoms with E-state index < -0.39 is 0 Å². The summed E-state index contributed by atoms with van der Waals surface area (Å²) < 4.78 is 5.15. The Kier molecular flexibility index (Phi) is 5.62. The van der Waals surface area contributed by atoms with E-state index in [0.29, 0.717) is 23.4 Å². The Bertz CT molecular complexity index is 793. The lowest BCUT2D eigenvalue weighted by Gasteiger charge is -2.48. The summed E-state index contributed by atoms with van der Waals surface area (Å²) in [6.45, 7) is 1.88. The van der Waals surface area contributed by atoms with Crippen molar-refractivity contribution in [1.82, 2.24) is 14.8 Å². The van der Waals surface area contributed by atoms with Crippen LogP contribution < -0.4 is 4.74 Å². The van der Waals surface area contributed by atoms with Crippen LogP contribution in [0, 0.1) is 0 Å². The molecule has 3 atom stereocenters. The molecule has 1 amide bonds. The molecule has 0 spiro atoms. The van der Waals surface area contributed by atoms with E-state index in [1.165, 1.54) is 5.56 Å². The van der Waals surface area contributed by atoms with E-state index in [1.54, 1.807) is 19.4 Å². The SMILES string of the molecule is COc1ccc(C(=O)N2CCCC[C@@H]3[C@H]2[C@@H](c2ccccc2)CCN3C)cn1. The first-order valence-corrected chi connectivity index (χ1v) is 10.2. The van der Waals surface area contributed by atoms with Crippen LogP contribution in [0.4, 0.5) is 0 Å². The van der Waals surface area contributed by atoms with Crippen molar-refractivity contribution in [3.63, 3.8) is 0 Å². The van der Waals surface area contributed by atoms with Gasteiger partial charge in [0, 0.05) is 30.8 Å². The van der Waals surface area contributed by atoms with Gasteiger partial charge in [0.15, 0.2) is 0 Å². The molecule has 0 unspecified atom stereocenters. The molecule has 4 rings (SSSR count). The first-order valence-electron chi connectivity index (χ1n) is 10.2. The van der Waals surface area contributed by atoms with Crippen LogP contribution in [0.1, 0.15) is 47.5 Å². The monoisotopic (exact) mass is 379 g/mol. The summed E-state index contributed by atoms with van der Waals surface area (Å²) in [5.41, 5.74) is 1.99. The Morgan fingerprint density at radius 1 is 1.07 bits per heavy atom. The number of amides is 1. The number of likely N-dealkylation sites (N-methyl/N-ethyl adjacent to an activating group) is 1. The molecule has 2 saturated heterocycles. The van der Waals surface area contributed by atoms with Gasteiger partial charge in [-0.1, -0.05) is 36.8 Å². The molecule has 0 bridgehead atoms. The summed E-state index contributed by atoms with van der Waals surface area (Å²) in [5.74, 6) is 0.990. The number of hydrogen-bond acceptors (Lipinski definition) is 4. The highest BCUT2D eigenvalue weighted by atomic mass is 16.5. The van der Waals surface area contributed by atoms with Crippen LogP contribution in [-0.2, 0) is 0 Å². The van der Waals surface area contributed by atoms with Crippen LogP contribution in [0.3, 0.4) is 0 Å². The summed E-state index contributed by atoms with van der Waals surface area (Å²) in [6, 6.07) is 14.9. The van der Waals surface area contributed by atoms with Crippen LogP contribution in [0.15, 0.2) is 48.7 Å². The predicted molar refractivity (Wildman–Crippen MR) is 110 cm³/mol. The lowest BCUT2D eigenvalue weighted by Crippen LogP contribution is -2.58. The second-order valence-electron chi connectivity index (χ2n) is 7.93. The standard InChI is InChI=1S/C23H29N3O2/c1-25-15-13-19(17-8-4-3-5-9-17)22-20(25)10-6-7-14-26(22)23(27)18-11-12-21(28-2)24-16-18/h3-5,8-9,11-12,16,19-20,22H,6-7,10,13-15H2,1-2H3/t19-,20-,22-/m1/s1. The number of carbonyl (C=O) groups excluding carboxylic acids is 1. The normalized spacial score (nSPS) is 25.6. The molecule has 2 aliphatic heterocycles. The fourth-order valence-corrected chi connectivity index (χ4v) is 4.90. The Hall–Kier alpha value is -2.40. The quantitative estimate of drug-likeness (QED) is 0.818. The fraction of sp³-hybridized carbons (Fsp3) is 0.478. The highest BCUT2D eigenvalue weighted by molar-refractivity contribution is 5.94. The van der Waals surface area contributed by atoms with Crippen molar-refractivity contribution in [1.29, 1.82) is 0 Å². The molecule has 148 valence electrons. The number of likely N-dealkylation sites (tertiary alicyclic amines) is 2. The van der Waals surface area contributed by atoms with Crippen molar-refractivity contribution in [2.24, 2.45) is 0 Å². The van der Waals surface area contributed by atoms with Crippen LogP contribution in [0.2, 0.25) is 0 Å². The van der Waals surface area contributed by atoms with Gasteiger partial charge in [-0.2, -0.15) is 0 Å². The average Bonchev–Trinajstić information content (AvgIpc) is 2.98. The van der Waals surface area contributed by atoms with Crippen molar-refractivity contribution in [2.75, 3.05) is 27.2 Å². The Morgan fingerprint density at radius 3 is 2.61 bits per heavy atom. The fourth-order valence-electron chi connectivity index (χ4n) is 4.90. The Morgan fingerprint density at radius 2 is 1.89 bits per heavy atom. The molecule has 3 heterocycles. The third-order valence-corrected chi connectivity index (χ3v) is 6.36. The van der Waals surface area contributed by atoms with Crippen molar-refractivity contribution in [3.05, 3.63) is 59.8 Å². The summed E-state index contributed by atoms with van der Waals surface area (Å²) >= 11 is 0. The van der Waals surface area contributed by atoms with E-state index in [1.807, 2.05) is 6.07 Å². The number of carbonyl (C=O) groups is 1. The minimum Gasteiger partial charge on any atom is -0.481 e. The number of rotatable bonds is 3. The molecule has 0 saturated carbocycles. The van der Waals surface area contributed by atoms with Gasteiger partial charge in [-0.15, -0.1) is 0 Å². The number of methoxy groups -OCH3 is 1. The van der Waals surface area contributed by atoms with Gasteiger partial charge in [0.1, 0.15) is 0 Å². The van der Waals surface area contributed by atoms with E-state index in [4.69, 9.17) is 4.74 Å². The molecule has 2 aromatic rings. The van der Waals surface area contributed by atoms with Gasteiger partial charge in [0.05, 0.1) is 18.7 Å². The van der Waals surface area contributed by atoms with Gasteiger partial charge < -0.3 is 14.5 Å². The smallest absolute Gasteiger partial charge is 0.255 e. The zero-order chi connectivity index (χ0) is 19.5. The molecule has 5 heteroatoms. The van der Waals surface area contributed by atoms with Gasteiger partial charge in [0.25, 0.3) is 5.91 Å². The molecule has 1 aromatic heterocycles. The van der Waals surface area contributed by atoms with Crippen LogP contribution in [-0.4, -0.2) is 60.0 Å². The topological polar surface area (TPSA) is 45.7 Å². The molecule has 5 nitrogen and oxygen atoms in total. The van der Waals surface area contributed by atoms with Crippen LogP contribution in [0.5, 0.6) is 5.88 Å². The lowest BCUT2D eigenvalue weighted by atomic mass is 9.79. The average molecular weight is 380 g/mol. The molecule has 28 heavy (non-hydrogen) atoms. The van der Waals surface area contributed by atoms with Crippen molar-refractivity contribution < 1.29 is 9.53 Å². The third-order valence-electron chi connectivity index (χ3n) is 6.36. The van der Waals surface area contributed by atoms with Crippen molar-refractivity contribution in [2.45, 2.75) is 43.7 Å². The maximum Gasteiger partial charge on any atom is 0.255 e. The first-order chi connectivity index (χ1) is 13.7. The number of nitrogens with zero attached hydrogens (tertiary/aromatic N) is 3. The number of benzene rings is 1. The second kappa shape index (κ2) is 8.31. The zero-order valence-electron chi connectivity index (χ0n) is 16.8. The molecule has 0 N–H and O–H groups in total. The minimum absolute atomic E-state index is 0.0864. The van der Waals surface area contributed by atoms with Gasteiger partial charge >= 0.3 is 0 Å². The summed E-state index contributed by atoms with van der Waals surface area (Å²) in [4.78, 5) is 22.4. The maximum atomic E-state index is 13.5. The van der Waals surface area contributed by atoms with Gasteiger partial charge in [-0.3, -0.25) is 4.79 Å². The van der Waals surface area contributed by atoms with E-state index in [2.05, 4.69) is 52.2 Å². The number of aromatic nitrogens is 1. The molecule has 2 fully saturated rings. The molecule has 2 aliphatic rings. The summed E-state index contributed by atoms with van der Waals surface area (Å²) in [5, 5.41) is 0. The Balaban J connectivity index is 1.69. The highest BCUT2D eigenvalue weighted by Gasteiger charge is 2.43. The van der Waals surface area contributed by atoms with Gasteiger partial charge in [-0.05, 0) is 44.5 Å². The van der Waals surface area contributed by atoms with Crippen molar-refractivity contribution >= 4 is 5.91 Å². The number of piperidine rings is 1. The highest BCUT2D eigenvalue weighted by Crippen LogP contribution is 2.38. The molecule has 0 aliphatic carbocycles. The minimum atomic E-state index is 0.0864. The molecule has 0 radical (unpaired) electrons. The largest absolute Gasteiger partial charge is 0.481 e. The van der Waals surface area contributed by atoms with E-state index in [9.17, 15) is 4.79 Å². The van der Waals surface area contributed by atoms with Gasteiger partial charge in [-0.25, -0.2) is 4.98 Å². The van der Waals surface area contributed by atoms with Crippen molar-refractivity contribution in [3.8, 4) is 5.88 Å².